The molecule has 0 radical (unpaired) electrons. The Bertz CT molecular complexity index is 619. The number of amides is 2. The Morgan fingerprint density at radius 2 is 2.25 bits per heavy atom. The molecule has 2 fully saturated rings. The number of aryl methyl sites for hydroxylation is 1. The van der Waals surface area contributed by atoms with E-state index >= 15 is 0 Å². The molecule has 5 nitrogen and oxygen atoms in total. The summed E-state index contributed by atoms with van der Waals surface area (Å²) in [5, 5.41) is 6.17. The highest BCUT2D eigenvalue weighted by Crippen LogP contribution is 2.35. The van der Waals surface area contributed by atoms with Crippen LogP contribution < -0.4 is 15.4 Å². The molecule has 1 aromatic rings. The van der Waals surface area contributed by atoms with Crippen LogP contribution in [0.15, 0.2) is 18.2 Å². The van der Waals surface area contributed by atoms with Crippen molar-refractivity contribution in [2.45, 2.75) is 62.7 Å². The molecule has 2 heterocycles. The van der Waals surface area contributed by atoms with Crippen LogP contribution in [-0.4, -0.2) is 37.9 Å². The number of carbonyl (C=O) groups is 1. The number of ether oxygens (including phenoxy) is 2. The summed E-state index contributed by atoms with van der Waals surface area (Å²) in [6.45, 7) is 0.687. The van der Waals surface area contributed by atoms with Crippen LogP contribution in [0.5, 0.6) is 5.75 Å². The highest BCUT2D eigenvalue weighted by atomic mass is 16.5. The lowest BCUT2D eigenvalue weighted by molar-refractivity contribution is 0.0981. The number of hydrogen-bond acceptors (Lipinski definition) is 3. The average molecular weight is 330 g/mol. The summed E-state index contributed by atoms with van der Waals surface area (Å²) in [4.78, 5) is 12.2. The average Bonchev–Trinajstić information content (AvgIpc) is 3.22. The summed E-state index contributed by atoms with van der Waals surface area (Å²) in [6, 6.07) is 6.43. The maximum atomic E-state index is 12.2. The van der Waals surface area contributed by atoms with Crippen LogP contribution in [0.2, 0.25) is 0 Å². The predicted octanol–water partition coefficient (Wildman–Crippen LogP) is 2.73. The fourth-order valence-corrected chi connectivity index (χ4v) is 4.46. The van der Waals surface area contributed by atoms with Crippen molar-refractivity contribution < 1.29 is 14.3 Å². The van der Waals surface area contributed by atoms with E-state index in [1.807, 2.05) is 6.07 Å². The lowest BCUT2D eigenvalue weighted by atomic mass is 9.82. The molecule has 1 aliphatic carbocycles. The maximum absolute atomic E-state index is 12.2. The van der Waals surface area contributed by atoms with Crippen LogP contribution in [0, 0.1) is 0 Å². The van der Waals surface area contributed by atoms with Crippen molar-refractivity contribution >= 4 is 6.03 Å². The topological polar surface area (TPSA) is 59.6 Å². The summed E-state index contributed by atoms with van der Waals surface area (Å²) >= 11 is 0. The second-order valence-electron chi connectivity index (χ2n) is 7.22. The SMILES string of the molecule is COc1ccc2c(c1)CCC[C@@H]2CNC(=O)N[C@@H]1C[C@H]2CC[C@H]1O2. The number of nitrogens with one attached hydrogen (secondary N) is 2. The highest BCUT2D eigenvalue weighted by molar-refractivity contribution is 5.74. The zero-order valence-electron chi connectivity index (χ0n) is 14.2. The van der Waals surface area contributed by atoms with Gasteiger partial charge in [0.1, 0.15) is 5.75 Å². The maximum Gasteiger partial charge on any atom is 0.315 e. The van der Waals surface area contributed by atoms with Gasteiger partial charge >= 0.3 is 6.03 Å². The van der Waals surface area contributed by atoms with Gasteiger partial charge in [0.15, 0.2) is 0 Å². The first kappa shape index (κ1) is 15.8. The Balaban J connectivity index is 1.32. The molecular weight excluding hydrogens is 304 g/mol. The van der Waals surface area contributed by atoms with E-state index in [0.29, 0.717) is 18.6 Å². The number of carbonyl (C=O) groups excluding carboxylic acids is 1. The second kappa shape index (κ2) is 6.63. The van der Waals surface area contributed by atoms with Gasteiger partial charge in [-0.15, -0.1) is 0 Å². The molecule has 0 unspecified atom stereocenters. The third kappa shape index (κ3) is 3.09. The molecule has 0 spiro atoms. The number of hydrogen-bond donors (Lipinski definition) is 2. The van der Waals surface area contributed by atoms with E-state index in [-0.39, 0.29) is 18.2 Å². The third-order valence-corrected chi connectivity index (χ3v) is 5.72. The smallest absolute Gasteiger partial charge is 0.315 e. The Labute approximate surface area is 143 Å². The molecule has 4 atom stereocenters. The fraction of sp³-hybridized carbons (Fsp3) is 0.632. The van der Waals surface area contributed by atoms with E-state index in [0.717, 1.165) is 44.3 Å². The molecule has 3 aliphatic rings. The first-order chi connectivity index (χ1) is 11.7. The molecule has 5 heteroatoms. The van der Waals surface area contributed by atoms with E-state index in [2.05, 4.69) is 22.8 Å². The Hall–Kier alpha value is -1.75. The van der Waals surface area contributed by atoms with Gasteiger partial charge < -0.3 is 20.1 Å². The minimum Gasteiger partial charge on any atom is -0.497 e. The number of benzene rings is 1. The van der Waals surface area contributed by atoms with Crippen LogP contribution >= 0.6 is 0 Å². The molecule has 2 aliphatic heterocycles. The summed E-state index contributed by atoms with van der Waals surface area (Å²) in [6.07, 6.45) is 7.15. The van der Waals surface area contributed by atoms with Gasteiger partial charge in [-0.2, -0.15) is 0 Å². The van der Waals surface area contributed by atoms with Gasteiger partial charge in [0.25, 0.3) is 0 Å². The van der Waals surface area contributed by atoms with Gasteiger partial charge in [0.05, 0.1) is 25.4 Å². The summed E-state index contributed by atoms with van der Waals surface area (Å²) in [7, 11) is 1.70. The van der Waals surface area contributed by atoms with E-state index in [1.165, 1.54) is 11.1 Å². The first-order valence-electron chi connectivity index (χ1n) is 9.09. The molecule has 2 amide bonds. The summed E-state index contributed by atoms with van der Waals surface area (Å²) < 4.78 is 11.1. The van der Waals surface area contributed by atoms with Crippen molar-refractivity contribution in [1.29, 1.82) is 0 Å². The monoisotopic (exact) mass is 330 g/mol. The second-order valence-corrected chi connectivity index (χ2v) is 7.22. The van der Waals surface area contributed by atoms with Gasteiger partial charge in [0.2, 0.25) is 0 Å². The molecule has 2 bridgehead atoms. The molecule has 4 rings (SSSR count). The van der Waals surface area contributed by atoms with Crippen LogP contribution in [0.1, 0.15) is 49.1 Å². The molecule has 2 N–H and O–H groups in total. The Morgan fingerprint density at radius 1 is 1.33 bits per heavy atom. The highest BCUT2D eigenvalue weighted by Gasteiger charge is 2.41. The van der Waals surface area contributed by atoms with Gasteiger partial charge in [-0.1, -0.05) is 6.07 Å². The molecule has 24 heavy (non-hydrogen) atoms. The lowest BCUT2D eigenvalue weighted by Crippen LogP contribution is -2.47. The molecular formula is C19H26N2O3. The number of methoxy groups -OCH3 is 1. The number of rotatable bonds is 4. The van der Waals surface area contributed by atoms with Crippen molar-refractivity contribution in [3.63, 3.8) is 0 Å². The summed E-state index contributed by atoms with van der Waals surface area (Å²) in [5.41, 5.74) is 2.71. The van der Waals surface area contributed by atoms with E-state index in [1.54, 1.807) is 7.11 Å². The molecule has 0 aromatic heterocycles. The fourth-order valence-electron chi connectivity index (χ4n) is 4.46. The quantitative estimate of drug-likeness (QED) is 0.892. The van der Waals surface area contributed by atoms with Crippen molar-refractivity contribution in [2.24, 2.45) is 0 Å². The van der Waals surface area contributed by atoms with Crippen LogP contribution in [0.25, 0.3) is 0 Å². The number of fused-ring (bicyclic) bond motifs is 3. The zero-order valence-corrected chi connectivity index (χ0v) is 14.2. The molecule has 130 valence electrons. The van der Waals surface area contributed by atoms with Crippen molar-refractivity contribution in [2.75, 3.05) is 13.7 Å². The minimum atomic E-state index is -0.0585. The van der Waals surface area contributed by atoms with Crippen molar-refractivity contribution in [1.82, 2.24) is 10.6 Å². The van der Waals surface area contributed by atoms with Gasteiger partial charge in [-0.3, -0.25) is 0 Å². The zero-order chi connectivity index (χ0) is 16.5. The van der Waals surface area contributed by atoms with E-state index < -0.39 is 0 Å². The summed E-state index contributed by atoms with van der Waals surface area (Å²) in [5.74, 6) is 1.30. The third-order valence-electron chi connectivity index (χ3n) is 5.72. The van der Waals surface area contributed by atoms with Crippen LogP contribution in [-0.2, 0) is 11.2 Å². The van der Waals surface area contributed by atoms with Crippen molar-refractivity contribution in [3.8, 4) is 5.75 Å². The Morgan fingerprint density at radius 3 is 3.00 bits per heavy atom. The van der Waals surface area contributed by atoms with E-state index in [9.17, 15) is 4.79 Å². The van der Waals surface area contributed by atoms with Crippen LogP contribution in [0.3, 0.4) is 0 Å². The van der Waals surface area contributed by atoms with Gasteiger partial charge in [-0.05, 0) is 61.8 Å². The van der Waals surface area contributed by atoms with E-state index in [4.69, 9.17) is 9.47 Å². The van der Waals surface area contributed by atoms with Crippen molar-refractivity contribution in [3.05, 3.63) is 29.3 Å². The number of urea groups is 1. The molecule has 0 saturated carbocycles. The minimum absolute atomic E-state index is 0.0585. The largest absolute Gasteiger partial charge is 0.497 e. The van der Waals surface area contributed by atoms with Crippen LogP contribution in [0.4, 0.5) is 4.79 Å². The van der Waals surface area contributed by atoms with Gasteiger partial charge in [-0.25, -0.2) is 4.79 Å². The molecule has 2 saturated heterocycles. The van der Waals surface area contributed by atoms with Gasteiger partial charge in [0, 0.05) is 12.5 Å². The first-order valence-corrected chi connectivity index (χ1v) is 9.09. The standard InChI is InChI=1S/C19H26N2O3/c1-23-14-5-7-16-12(9-14)3-2-4-13(16)11-20-19(22)21-17-10-15-6-8-18(17)24-15/h5,7,9,13,15,17-18H,2-4,6,8,10-11H2,1H3,(H2,20,21,22)/t13-,15-,17-,18-/m1/s1. The Kier molecular flexibility index (Phi) is 4.35. The molecule has 1 aromatic carbocycles. The normalized spacial score (nSPS) is 30.7. The predicted molar refractivity (Wildman–Crippen MR) is 91.5 cm³/mol. The lowest BCUT2D eigenvalue weighted by Gasteiger charge is -2.27.